The van der Waals surface area contributed by atoms with Gasteiger partial charge >= 0.3 is 0 Å². The van der Waals surface area contributed by atoms with Crippen LogP contribution in [0.25, 0.3) is 0 Å². The third kappa shape index (κ3) is 2.42. The number of nitrogens with zero attached hydrogens (tertiary/aromatic N) is 1. The molecule has 1 aromatic rings. The summed E-state index contributed by atoms with van der Waals surface area (Å²) < 4.78 is 0. The lowest BCUT2D eigenvalue weighted by Gasteiger charge is -2.25. The Kier molecular flexibility index (Phi) is 3.57. The minimum atomic E-state index is 0.106. The van der Waals surface area contributed by atoms with Crippen molar-refractivity contribution >= 4 is 17.2 Å². The highest BCUT2D eigenvalue weighted by Gasteiger charge is 2.19. The average molecular weight is 233 g/mol. The fourth-order valence-electron chi connectivity index (χ4n) is 1.79. The Morgan fingerprint density at radius 3 is 3.19 bits per heavy atom. The van der Waals surface area contributed by atoms with Gasteiger partial charge in [0.1, 0.15) is 0 Å². The predicted molar refractivity (Wildman–Crippen MR) is 67.4 cm³/mol. The number of fused-ring (bicyclic) bond motifs is 1. The molecule has 2 rings (SSSR count). The smallest absolute Gasteiger partial charge is 0.246 e. The summed E-state index contributed by atoms with van der Waals surface area (Å²) in [7, 11) is 0. The number of carbonyl (C=O) groups excluding carboxylic acids is 1. The standard InChI is InChI=1S/C13H15NOS/c1-2-3-4-5-13(15)14-8-6-12-11(10-14)7-9-16-12/h2-5,7,9H,6,8,10H2,1H3/b3-2+,5-4+. The van der Waals surface area contributed by atoms with Crippen LogP contribution in [0.5, 0.6) is 0 Å². The summed E-state index contributed by atoms with van der Waals surface area (Å²) >= 11 is 1.79. The maximum absolute atomic E-state index is 11.8. The quantitative estimate of drug-likeness (QED) is 0.568. The lowest BCUT2D eigenvalue weighted by Crippen LogP contribution is -2.34. The average Bonchev–Trinajstić information content (AvgIpc) is 2.76. The monoisotopic (exact) mass is 233 g/mol. The van der Waals surface area contributed by atoms with Crippen molar-refractivity contribution in [2.24, 2.45) is 0 Å². The van der Waals surface area contributed by atoms with Crippen molar-refractivity contribution in [1.82, 2.24) is 4.90 Å². The normalized spacial score (nSPS) is 15.9. The van der Waals surface area contributed by atoms with Gasteiger partial charge in [-0.15, -0.1) is 11.3 Å². The van der Waals surface area contributed by atoms with E-state index in [0.717, 1.165) is 19.5 Å². The summed E-state index contributed by atoms with van der Waals surface area (Å²) in [6.07, 6.45) is 8.22. The van der Waals surface area contributed by atoms with E-state index in [2.05, 4.69) is 11.4 Å². The van der Waals surface area contributed by atoms with E-state index in [9.17, 15) is 4.79 Å². The van der Waals surface area contributed by atoms with Gasteiger partial charge in [0.05, 0.1) is 0 Å². The molecule has 0 radical (unpaired) electrons. The van der Waals surface area contributed by atoms with E-state index in [1.807, 2.05) is 24.0 Å². The first-order valence-corrected chi connectivity index (χ1v) is 6.32. The van der Waals surface area contributed by atoms with Crippen LogP contribution in [0, 0.1) is 0 Å². The second-order valence-electron chi connectivity index (χ2n) is 3.76. The molecule has 0 saturated heterocycles. The molecule has 16 heavy (non-hydrogen) atoms. The molecule has 2 heterocycles. The summed E-state index contributed by atoms with van der Waals surface area (Å²) in [6.45, 7) is 3.54. The van der Waals surface area contributed by atoms with E-state index in [4.69, 9.17) is 0 Å². The van der Waals surface area contributed by atoms with Crippen molar-refractivity contribution < 1.29 is 4.79 Å². The highest BCUT2D eigenvalue weighted by molar-refractivity contribution is 7.10. The summed E-state index contributed by atoms with van der Waals surface area (Å²) in [5, 5.41) is 2.11. The van der Waals surface area contributed by atoms with Crippen molar-refractivity contribution in [1.29, 1.82) is 0 Å². The number of allylic oxidation sites excluding steroid dienone is 3. The van der Waals surface area contributed by atoms with Gasteiger partial charge in [-0.1, -0.05) is 18.2 Å². The van der Waals surface area contributed by atoms with Gasteiger partial charge in [-0.25, -0.2) is 0 Å². The molecule has 1 aromatic heterocycles. The van der Waals surface area contributed by atoms with E-state index in [0.29, 0.717) is 0 Å². The Labute approximate surface area is 99.9 Å². The van der Waals surface area contributed by atoms with Crippen LogP contribution < -0.4 is 0 Å². The molecular formula is C13H15NOS. The zero-order valence-electron chi connectivity index (χ0n) is 9.35. The molecule has 0 fully saturated rings. The Morgan fingerprint density at radius 1 is 1.50 bits per heavy atom. The van der Waals surface area contributed by atoms with Crippen LogP contribution >= 0.6 is 11.3 Å². The second-order valence-corrected chi connectivity index (χ2v) is 4.76. The number of carbonyl (C=O) groups is 1. The van der Waals surface area contributed by atoms with Gasteiger partial charge < -0.3 is 4.90 Å². The first-order chi connectivity index (χ1) is 7.81. The third-order valence-corrected chi connectivity index (χ3v) is 3.68. The molecule has 0 saturated carbocycles. The maximum Gasteiger partial charge on any atom is 0.246 e. The van der Waals surface area contributed by atoms with Crippen LogP contribution in [-0.4, -0.2) is 17.4 Å². The Morgan fingerprint density at radius 2 is 2.38 bits per heavy atom. The van der Waals surface area contributed by atoms with Crippen molar-refractivity contribution in [2.45, 2.75) is 19.9 Å². The topological polar surface area (TPSA) is 20.3 Å². The van der Waals surface area contributed by atoms with Gasteiger partial charge in [-0.2, -0.15) is 0 Å². The molecule has 0 aliphatic carbocycles. The van der Waals surface area contributed by atoms with Crippen LogP contribution in [-0.2, 0) is 17.8 Å². The molecule has 0 aromatic carbocycles. The number of rotatable bonds is 2. The van der Waals surface area contributed by atoms with Crippen LogP contribution in [0.3, 0.4) is 0 Å². The minimum Gasteiger partial charge on any atom is -0.334 e. The SMILES string of the molecule is C/C=C/C=C/C(=O)N1CCc2sccc2C1. The first-order valence-electron chi connectivity index (χ1n) is 5.45. The Balaban J connectivity index is 2.01. The van der Waals surface area contributed by atoms with Gasteiger partial charge in [0.25, 0.3) is 0 Å². The summed E-state index contributed by atoms with van der Waals surface area (Å²) in [5.74, 6) is 0.106. The van der Waals surface area contributed by atoms with E-state index < -0.39 is 0 Å². The maximum atomic E-state index is 11.8. The highest BCUT2D eigenvalue weighted by atomic mass is 32.1. The number of thiophene rings is 1. The fraction of sp³-hybridized carbons (Fsp3) is 0.308. The molecule has 0 bridgehead atoms. The Hall–Kier alpha value is -1.35. The van der Waals surface area contributed by atoms with Gasteiger partial charge in [-0.05, 0) is 30.4 Å². The van der Waals surface area contributed by atoms with Crippen LogP contribution in [0.2, 0.25) is 0 Å². The molecule has 0 N–H and O–H groups in total. The van der Waals surface area contributed by atoms with Crippen molar-refractivity contribution in [3.05, 3.63) is 46.2 Å². The molecule has 2 nitrogen and oxygen atoms in total. The van der Waals surface area contributed by atoms with Gasteiger partial charge in [0, 0.05) is 24.0 Å². The van der Waals surface area contributed by atoms with Gasteiger partial charge in [-0.3, -0.25) is 4.79 Å². The first kappa shape index (κ1) is 11.1. The van der Waals surface area contributed by atoms with E-state index in [-0.39, 0.29) is 5.91 Å². The fourth-order valence-corrected chi connectivity index (χ4v) is 2.68. The van der Waals surface area contributed by atoms with Gasteiger partial charge in [0.2, 0.25) is 5.91 Å². The van der Waals surface area contributed by atoms with Crippen molar-refractivity contribution in [3.8, 4) is 0 Å². The lowest BCUT2D eigenvalue weighted by atomic mass is 10.1. The highest BCUT2D eigenvalue weighted by Crippen LogP contribution is 2.23. The largest absolute Gasteiger partial charge is 0.334 e. The number of hydrogen-bond donors (Lipinski definition) is 0. The molecule has 0 unspecified atom stereocenters. The summed E-state index contributed by atoms with van der Waals surface area (Å²) in [6, 6.07) is 2.12. The second kappa shape index (κ2) is 5.12. The van der Waals surface area contributed by atoms with Crippen molar-refractivity contribution in [2.75, 3.05) is 6.54 Å². The van der Waals surface area contributed by atoms with E-state index >= 15 is 0 Å². The molecule has 0 spiro atoms. The van der Waals surface area contributed by atoms with Gasteiger partial charge in [0.15, 0.2) is 0 Å². The zero-order valence-corrected chi connectivity index (χ0v) is 10.2. The number of amides is 1. The lowest BCUT2D eigenvalue weighted by molar-refractivity contribution is -0.126. The van der Waals surface area contributed by atoms with Crippen LogP contribution in [0.15, 0.2) is 35.8 Å². The molecule has 1 amide bonds. The van der Waals surface area contributed by atoms with Crippen molar-refractivity contribution in [3.63, 3.8) is 0 Å². The molecular weight excluding hydrogens is 218 g/mol. The van der Waals surface area contributed by atoms with E-state index in [1.165, 1.54) is 10.4 Å². The molecule has 3 heteroatoms. The summed E-state index contributed by atoms with van der Waals surface area (Å²) in [4.78, 5) is 15.1. The predicted octanol–water partition coefficient (Wildman–Crippen LogP) is 2.77. The number of hydrogen-bond acceptors (Lipinski definition) is 2. The molecule has 1 aliphatic rings. The van der Waals surface area contributed by atoms with E-state index in [1.54, 1.807) is 23.5 Å². The van der Waals surface area contributed by atoms with Crippen LogP contribution in [0.4, 0.5) is 0 Å². The molecule has 1 aliphatic heterocycles. The Bertz CT molecular complexity index is 431. The minimum absolute atomic E-state index is 0.106. The molecule has 84 valence electrons. The zero-order chi connectivity index (χ0) is 11.4. The molecule has 0 atom stereocenters. The summed E-state index contributed by atoms with van der Waals surface area (Å²) in [5.41, 5.74) is 1.31. The third-order valence-electron chi connectivity index (χ3n) is 2.66. The van der Waals surface area contributed by atoms with Crippen LogP contribution in [0.1, 0.15) is 17.4 Å².